The zero-order valence-corrected chi connectivity index (χ0v) is 8.01. The van der Waals surface area contributed by atoms with E-state index in [1.165, 1.54) is 0 Å². The van der Waals surface area contributed by atoms with Gasteiger partial charge in [0, 0.05) is 0 Å². The molecule has 0 aliphatic carbocycles. The molecule has 0 N–H and O–H groups in total. The minimum atomic E-state index is -4.86. The summed E-state index contributed by atoms with van der Waals surface area (Å²) < 4.78 is 39.7. The van der Waals surface area contributed by atoms with Crippen molar-refractivity contribution in [2.24, 2.45) is 0 Å². The van der Waals surface area contributed by atoms with E-state index in [0.29, 0.717) is 6.33 Å². The molecule has 0 atom stereocenters. The Labute approximate surface area is 91.6 Å². The zero-order valence-electron chi connectivity index (χ0n) is 8.01. The lowest BCUT2D eigenvalue weighted by Gasteiger charge is -2.08. The highest BCUT2D eigenvalue weighted by molar-refractivity contribution is 5.69. The van der Waals surface area contributed by atoms with Gasteiger partial charge in [-0.15, -0.1) is 13.2 Å². The number of halogens is 3. The van der Waals surface area contributed by atoms with Crippen LogP contribution < -0.4 is 14.3 Å². The van der Waals surface area contributed by atoms with Crippen molar-refractivity contribution in [2.45, 2.75) is 6.36 Å². The van der Waals surface area contributed by atoms with Crippen molar-refractivity contribution in [1.82, 2.24) is 5.10 Å². The number of fused-ring (bicyclic) bond motifs is 1. The number of ether oxygens (including phenoxy) is 1. The van der Waals surface area contributed by atoms with Gasteiger partial charge in [-0.05, 0) is 12.1 Å². The molecule has 1 heterocycles. The second-order valence-corrected chi connectivity index (χ2v) is 3.03. The smallest absolute Gasteiger partial charge is 0.573 e. The lowest BCUT2D eigenvalue weighted by atomic mass is 10.3. The van der Waals surface area contributed by atoms with Gasteiger partial charge >= 0.3 is 18.2 Å². The highest BCUT2D eigenvalue weighted by atomic mass is 19.4. The highest BCUT2D eigenvalue weighted by Crippen LogP contribution is 2.23. The van der Waals surface area contributed by atoms with Crippen molar-refractivity contribution < 1.29 is 27.5 Å². The summed E-state index contributed by atoms with van der Waals surface area (Å²) in [6.07, 6.45) is -4.16. The second-order valence-electron chi connectivity index (χ2n) is 3.03. The van der Waals surface area contributed by atoms with Crippen molar-refractivity contribution in [3.05, 3.63) is 34.9 Å². The van der Waals surface area contributed by atoms with Crippen LogP contribution in [0.4, 0.5) is 13.2 Å². The summed E-state index contributed by atoms with van der Waals surface area (Å²) in [6.45, 7) is 0. The number of benzene rings is 1. The maximum Gasteiger partial charge on any atom is 0.573 e. The lowest BCUT2D eigenvalue weighted by Crippen LogP contribution is -2.40. The number of aromatic nitrogens is 3. The molecule has 0 saturated heterocycles. The Bertz CT molecular complexity index is 573. The highest BCUT2D eigenvalue weighted by Gasteiger charge is 2.31. The Morgan fingerprint density at radius 3 is 2.53 bits per heavy atom. The molecule has 90 valence electrons. The fraction of sp³-hybridized carbons (Fsp3) is 0.125. The molecule has 0 fully saturated rings. The van der Waals surface area contributed by atoms with Gasteiger partial charge in [0.15, 0.2) is 0 Å². The molecule has 0 aliphatic heterocycles. The fourth-order valence-corrected chi connectivity index (χ4v) is 1.26. The third-order valence-electron chi connectivity index (χ3n) is 1.89. The van der Waals surface area contributed by atoms with Crippen molar-refractivity contribution in [1.29, 1.82) is 0 Å². The van der Waals surface area contributed by atoms with Crippen LogP contribution in [0.15, 0.2) is 24.5 Å². The first-order chi connectivity index (χ1) is 7.87. The first-order valence-electron chi connectivity index (χ1n) is 4.24. The first kappa shape index (κ1) is 11.2. The Hall–Kier alpha value is -2.32. The molecule has 6 nitrogen and oxygen atoms in total. The molecule has 17 heavy (non-hydrogen) atoms. The number of alkyl halides is 3. The first-order valence-corrected chi connectivity index (χ1v) is 4.24. The van der Waals surface area contributed by atoms with Crippen LogP contribution in [0.5, 0.6) is 5.75 Å². The van der Waals surface area contributed by atoms with Crippen molar-refractivity contribution >= 4 is 11.0 Å². The summed E-state index contributed by atoms with van der Waals surface area (Å²) in [4.78, 5) is 0.0347. The van der Waals surface area contributed by atoms with Gasteiger partial charge < -0.3 is 15.2 Å². The van der Waals surface area contributed by atoms with Crippen LogP contribution in [0.25, 0.3) is 11.0 Å². The van der Waals surface area contributed by atoms with Gasteiger partial charge in [-0.25, -0.2) is 4.73 Å². The van der Waals surface area contributed by atoms with E-state index in [1.807, 2.05) is 0 Å². The normalized spacial score (nSPS) is 11.7. The van der Waals surface area contributed by atoms with E-state index < -0.39 is 12.1 Å². The van der Waals surface area contributed by atoms with Gasteiger partial charge in [-0.3, -0.25) is 0 Å². The molecule has 2 aromatic rings. The average Bonchev–Trinajstić information content (AvgIpc) is 2.21. The summed E-state index contributed by atoms with van der Waals surface area (Å²) >= 11 is 0. The molecule has 0 bridgehead atoms. The molecule has 0 radical (unpaired) electrons. The monoisotopic (exact) mass is 247 g/mol. The van der Waals surface area contributed by atoms with Gasteiger partial charge in [-0.2, -0.15) is 0 Å². The zero-order chi connectivity index (χ0) is 12.6. The van der Waals surface area contributed by atoms with E-state index >= 15 is 0 Å². The second kappa shape index (κ2) is 3.61. The Morgan fingerprint density at radius 1 is 1.18 bits per heavy atom. The Kier molecular flexibility index (Phi) is 2.37. The van der Waals surface area contributed by atoms with Gasteiger partial charge in [0.2, 0.25) is 10.6 Å². The number of rotatable bonds is 1. The molecular formula is C8H4F3N3O3. The van der Waals surface area contributed by atoms with Crippen LogP contribution in [0.1, 0.15) is 0 Å². The average molecular weight is 247 g/mol. The van der Waals surface area contributed by atoms with Crippen molar-refractivity contribution in [2.75, 3.05) is 0 Å². The van der Waals surface area contributed by atoms with Crippen LogP contribution in [-0.2, 0) is 0 Å². The van der Waals surface area contributed by atoms with E-state index in [9.17, 15) is 23.6 Å². The minimum absolute atomic E-state index is 0.0347. The topological polar surface area (TPSA) is 76.0 Å². The number of nitrogens with zero attached hydrogens (tertiary/aromatic N) is 3. The van der Waals surface area contributed by atoms with Crippen LogP contribution in [0.2, 0.25) is 0 Å². The molecule has 0 spiro atoms. The van der Waals surface area contributed by atoms with E-state index in [4.69, 9.17) is 0 Å². The maximum absolute atomic E-state index is 11.9. The van der Waals surface area contributed by atoms with Gasteiger partial charge in [0.05, 0.1) is 10.9 Å². The van der Waals surface area contributed by atoms with Crippen LogP contribution in [0, 0.1) is 10.4 Å². The van der Waals surface area contributed by atoms with Crippen molar-refractivity contribution in [3.63, 3.8) is 0 Å². The summed E-state index contributed by atoms with van der Waals surface area (Å²) in [5.74, 6) is -0.595. The molecule has 1 aromatic carbocycles. The largest absolute Gasteiger partial charge is 0.710 e. The third-order valence-corrected chi connectivity index (χ3v) is 1.89. The SMILES string of the molecule is [O-][n+]1cn[n+]([O-])c2cc(OC(F)(F)F)ccc21. The van der Waals surface area contributed by atoms with Gasteiger partial charge in [0.25, 0.3) is 0 Å². The van der Waals surface area contributed by atoms with E-state index in [1.54, 1.807) is 0 Å². The number of hydrogen-bond donors (Lipinski definition) is 0. The van der Waals surface area contributed by atoms with E-state index in [2.05, 4.69) is 9.84 Å². The van der Waals surface area contributed by atoms with Gasteiger partial charge in [-0.1, -0.05) is 0 Å². The fourth-order valence-electron chi connectivity index (χ4n) is 1.26. The maximum atomic E-state index is 11.9. The molecule has 0 aliphatic rings. The van der Waals surface area contributed by atoms with E-state index in [-0.39, 0.29) is 20.6 Å². The van der Waals surface area contributed by atoms with Crippen LogP contribution >= 0.6 is 0 Å². The molecule has 0 saturated carbocycles. The van der Waals surface area contributed by atoms with Gasteiger partial charge in [0.1, 0.15) is 5.75 Å². The Morgan fingerprint density at radius 2 is 1.88 bits per heavy atom. The van der Waals surface area contributed by atoms with Crippen LogP contribution in [-0.4, -0.2) is 11.5 Å². The summed E-state index contributed by atoms with van der Waals surface area (Å²) in [5, 5.41) is 25.5. The molecule has 2 rings (SSSR count). The predicted molar refractivity (Wildman–Crippen MR) is 46.3 cm³/mol. The summed E-state index contributed by atoms with van der Waals surface area (Å²) in [5.41, 5.74) is -0.422. The van der Waals surface area contributed by atoms with E-state index in [0.717, 1.165) is 18.2 Å². The lowest BCUT2D eigenvalue weighted by molar-refractivity contribution is -0.680. The molecule has 0 unspecified atom stereocenters. The molecule has 0 amide bonds. The minimum Gasteiger partial charge on any atom is -0.710 e. The predicted octanol–water partition coefficient (Wildman–Crippen LogP) is 0.400. The van der Waals surface area contributed by atoms with Crippen molar-refractivity contribution in [3.8, 4) is 5.75 Å². The standard InChI is InChI=1S/C8H4F3N3O3/c9-8(10,11)17-5-1-2-6-7(3-5)14(16)12-4-13(6)15/h1-4H. The quantitative estimate of drug-likeness (QED) is 0.540. The third kappa shape index (κ3) is 2.27. The number of hydrogen-bond acceptors (Lipinski definition) is 4. The summed E-state index contributed by atoms with van der Waals surface area (Å²) in [7, 11) is 0. The van der Waals surface area contributed by atoms with Crippen LogP contribution in [0.3, 0.4) is 0 Å². The summed E-state index contributed by atoms with van der Waals surface area (Å²) in [6, 6.07) is 2.76. The molecular weight excluding hydrogens is 243 g/mol. The molecule has 9 heteroatoms. The molecule has 1 aromatic heterocycles. The Balaban J connectivity index is 2.54.